The molecule has 1 aliphatic carbocycles. The lowest BCUT2D eigenvalue weighted by atomic mass is 10.0. The normalized spacial score (nSPS) is 19.3. The van der Waals surface area contributed by atoms with Crippen LogP contribution in [-0.2, 0) is 10.8 Å². The van der Waals surface area contributed by atoms with Gasteiger partial charge in [-0.1, -0.05) is 30.4 Å². The van der Waals surface area contributed by atoms with Crippen molar-refractivity contribution in [1.82, 2.24) is 4.98 Å². The summed E-state index contributed by atoms with van der Waals surface area (Å²) in [6, 6.07) is 9.65. The van der Waals surface area contributed by atoms with E-state index in [2.05, 4.69) is 12.1 Å². The van der Waals surface area contributed by atoms with E-state index in [1.54, 1.807) is 6.20 Å². The minimum Gasteiger partial charge on any atom is -0.875 e. The molecule has 25 heavy (non-hydrogen) atoms. The monoisotopic (exact) mass is 329 g/mol. The van der Waals surface area contributed by atoms with E-state index in [0.717, 1.165) is 45.2 Å². The number of fused-ring (bicyclic) bond motifs is 1. The van der Waals surface area contributed by atoms with Crippen molar-refractivity contribution in [2.45, 2.75) is 19.3 Å². The minimum absolute atomic E-state index is 0.188. The molecular formula is C21H17N2O2-. The molecule has 0 radical (unpaired) electrons. The highest BCUT2D eigenvalue weighted by atomic mass is 16.4. The molecule has 4 heteroatoms. The molecule has 0 fully saturated rings. The Hall–Kier alpha value is -3.14. The highest BCUT2D eigenvalue weighted by Crippen LogP contribution is 2.16. The first-order valence-electron chi connectivity index (χ1n) is 8.27. The number of hydrogen-bond acceptors (Lipinski definition) is 2. The second-order valence-electron chi connectivity index (χ2n) is 6.04. The van der Waals surface area contributed by atoms with Gasteiger partial charge in [0.25, 0.3) is 6.79 Å². The van der Waals surface area contributed by atoms with Gasteiger partial charge in [0.1, 0.15) is 0 Å². The first kappa shape index (κ1) is 15.4. The summed E-state index contributed by atoms with van der Waals surface area (Å²) < 4.78 is 5.32. The molecule has 0 bridgehead atoms. The predicted molar refractivity (Wildman–Crippen MR) is 95.6 cm³/mol. The van der Waals surface area contributed by atoms with E-state index in [1.807, 2.05) is 48.6 Å². The van der Waals surface area contributed by atoms with Crippen LogP contribution < -0.4 is 15.5 Å². The molecule has 0 amide bonds. The molecule has 0 saturated carbocycles. The molecule has 124 valence electrons. The lowest BCUT2D eigenvalue weighted by Crippen LogP contribution is -2.25. The third-order valence-corrected chi connectivity index (χ3v) is 4.47. The Bertz CT molecular complexity index is 1130. The maximum atomic E-state index is 12.0. The molecule has 0 unspecified atom stereocenters. The molecular weight excluding hydrogens is 312 g/mol. The Kier molecular flexibility index (Phi) is 3.94. The first-order valence-corrected chi connectivity index (χ1v) is 8.27. The van der Waals surface area contributed by atoms with Crippen LogP contribution in [0, 0.1) is 10.6 Å². The van der Waals surface area contributed by atoms with Gasteiger partial charge in [-0.05, 0) is 36.6 Å². The van der Waals surface area contributed by atoms with E-state index < -0.39 is 0 Å². The SMILES string of the molecule is C=[O+]c1cc(=c2ccc3c(n2)CCCC=3[O-])ccc1=C1C=CC=C[N-]1. The third kappa shape index (κ3) is 2.87. The van der Waals surface area contributed by atoms with Gasteiger partial charge in [0, 0.05) is 10.9 Å². The van der Waals surface area contributed by atoms with Gasteiger partial charge in [-0.25, -0.2) is 4.42 Å². The number of carbonyl (C=O) groups excluding carboxylic acids is 1. The number of rotatable bonds is 1. The molecule has 2 aromatic rings. The average Bonchev–Trinajstić information content (AvgIpc) is 2.68. The van der Waals surface area contributed by atoms with Crippen molar-refractivity contribution in [3.8, 4) is 5.75 Å². The summed E-state index contributed by atoms with van der Waals surface area (Å²) in [5.41, 5.74) is 1.72. The number of pyridine rings is 1. The summed E-state index contributed by atoms with van der Waals surface area (Å²) in [6.45, 7) is 3.56. The van der Waals surface area contributed by atoms with Gasteiger partial charge in [-0.3, -0.25) is 4.98 Å². The zero-order chi connectivity index (χ0) is 17.2. The number of nitrogens with zero attached hydrogens (tertiary/aromatic N) is 2. The largest absolute Gasteiger partial charge is 0.875 e. The van der Waals surface area contributed by atoms with Crippen molar-refractivity contribution in [3.63, 3.8) is 0 Å². The summed E-state index contributed by atoms with van der Waals surface area (Å²) in [7, 11) is 0. The molecule has 2 heterocycles. The van der Waals surface area contributed by atoms with E-state index in [9.17, 15) is 5.11 Å². The molecule has 1 aromatic heterocycles. The lowest BCUT2D eigenvalue weighted by Gasteiger charge is -2.19. The van der Waals surface area contributed by atoms with E-state index in [1.165, 1.54) is 0 Å². The van der Waals surface area contributed by atoms with Gasteiger partial charge in [0.2, 0.25) is 0 Å². The van der Waals surface area contributed by atoms with Crippen LogP contribution in [-0.4, -0.2) is 11.8 Å². The van der Waals surface area contributed by atoms with Crippen molar-refractivity contribution < 1.29 is 9.53 Å². The van der Waals surface area contributed by atoms with Crippen LogP contribution in [0.5, 0.6) is 5.75 Å². The first-order chi connectivity index (χ1) is 12.3. The minimum atomic E-state index is 0.188. The van der Waals surface area contributed by atoms with Gasteiger partial charge in [-0.2, -0.15) is 6.20 Å². The Morgan fingerprint density at radius 1 is 1.08 bits per heavy atom. The van der Waals surface area contributed by atoms with Gasteiger partial charge >= 0.3 is 5.75 Å². The maximum Gasteiger partial charge on any atom is 0.358 e. The van der Waals surface area contributed by atoms with Gasteiger partial charge in [0.05, 0.1) is 16.6 Å². The lowest BCUT2D eigenvalue weighted by molar-refractivity contribution is -0.356. The van der Waals surface area contributed by atoms with Crippen molar-refractivity contribution in [1.29, 1.82) is 0 Å². The van der Waals surface area contributed by atoms with Crippen LogP contribution in [0.3, 0.4) is 0 Å². The molecule has 4 rings (SSSR count). The molecule has 1 aromatic carbocycles. The molecule has 0 saturated heterocycles. The Morgan fingerprint density at radius 3 is 2.76 bits per heavy atom. The Labute approximate surface area is 145 Å². The van der Waals surface area contributed by atoms with E-state index in [4.69, 9.17) is 9.41 Å². The zero-order valence-corrected chi connectivity index (χ0v) is 13.7. The van der Waals surface area contributed by atoms with Crippen molar-refractivity contribution in [3.05, 3.63) is 86.8 Å². The Morgan fingerprint density at radius 2 is 1.96 bits per heavy atom. The fourth-order valence-electron chi connectivity index (χ4n) is 3.19. The maximum absolute atomic E-state index is 12.0. The van der Waals surface area contributed by atoms with E-state index in [-0.39, 0.29) is 5.76 Å². The highest BCUT2D eigenvalue weighted by Gasteiger charge is 2.07. The fraction of sp³-hybridized carbons (Fsp3) is 0.143. The molecule has 1 aliphatic heterocycles. The fourth-order valence-corrected chi connectivity index (χ4v) is 3.19. The van der Waals surface area contributed by atoms with Gasteiger partial charge < -0.3 is 10.4 Å². The number of aryl methyl sites for hydroxylation is 1. The number of benzene rings is 1. The standard InChI is InChI=1S/C21H18N2O2/c1-25-21-13-14(8-9-16(21)18-5-2-3-12-22-18)17-11-10-15-19(23-17)6-4-7-20(15)24/h2-3,5,8-13H,1,4,6-7H2,(H,23,24)/p-1. The van der Waals surface area contributed by atoms with Crippen molar-refractivity contribution in [2.24, 2.45) is 0 Å². The van der Waals surface area contributed by atoms with E-state index in [0.29, 0.717) is 12.2 Å². The van der Waals surface area contributed by atoms with Gasteiger partial charge in [-0.15, -0.1) is 11.5 Å². The van der Waals surface area contributed by atoms with Crippen LogP contribution in [0.1, 0.15) is 18.5 Å². The third-order valence-electron chi connectivity index (χ3n) is 4.47. The average molecular weight is 329 g/mol. The van der Waals surface area contributed by atoms with Crippen molar-refractivity contribution in [2.75, 3.05) is 0 Å². The molecule has 2 aliphatic rings. The van der Waals surface area contributed by atoms with Crippen LogP contribution in [0.2, 0.25) is 0 Å². The Balaban J connectivity index is 1.97. The van der Waals surface area contributed by atoms with Crippen molar-refractivity contribution >= 4 is 18.2 Å². The topological polar surface area (TPSA) is 61.4 Å². The number of allylic oxidation sites excluding steroid dienone is 2. The van der Waals surface area contributed by atoms with Crippen LogP contribution in [0.15, 0.2) is 54.8 Å². The predicted octanol–water partition coefficient (Wildman–Crippen LogP) is 1.82. The molecule has 0 atom stereocenters. The van der Waals surface area contributed by atoms with Crippen LogP contribution >= 0.6 is 0 Å². The quantitative estimate of drug-likeness (QED) is 0.749. The summed E-state index contributed by atoms with van der Waals surface area (Å²) >= 11 is 0. The second-order valence-corrected chi connectivity index (χ2v) is 6.04. The molecule has 4 nitrogen and oxygen atoms in total. The number of hydrogen-bond donors (Lipinski definition) is 0. The molecule has 0 spiro atoms. The van der Waals surface area contributed by atoms with E-state index >= 15 is 0 Å². The van der Waals surface area contributed by atoms with Gasteiger partial charge in [0.15, 0.2) is 0 Å². The number of aromatic nitrogens is 1. The van der Waals surface area contributed by atoms with Crippen LogP contribution in [0.4, 0.5) is 0 Å². The van der Waals surface area contributed by atoms with Crippen LogP contribution in [0.25, 0.3) is 16.8 Å². The zero-order valence-electron chi connectivity index (χ0n) is 13.7. The summed E-state index contributed by atoms with van der Waals surface area (Å²) in [5, 5.41) is 19.7. The summed E-state index contributed by atoms with van der Waals surface area (Å²) in [5.74, 6) is 0.833. The highest BCUT2D eigenvalue weighted by molar-refractivity contribution is 5.72. The summed E-state index contributed by atoms with van der Waals surface area (Å²) in [6.07, 6.45) is 9.82. The summed E-state index contributed by atoms with van der Waals surface area (Å²) in [4.78, 5) is 4.70. The second kappa shape index (κ2) is 6.40. The molecule has 0 N–H and O–H groups in total. The smallest absolute Gasteiger partial charge is 0.358 e.